The van der Waals surface area contributed by atoms with Gasteiger partial charge in [0.05, 0.1) is 12.3 Å². The molecule has 166 valence electrons. The minimum absolute atomic E-state index is 0.0324. The summed E-state index contributed by atoms with van der Waals surface area (Å²) in [6.07, 6.45) is 0.542. The third kappa shape index (κ3) is 6.67. The lowest BCUT2D eigenvalue weighted by Gasteiger charge is -2.12. The molecular formula is C26H26FNO4. The zero-order chi connectivity index (χ0) is 22.8. The van der Waals surface area contributed by atoms with Crippen molar-refractivity contribution in [3.05, 3.63) is 101 Å². The first kappa shape index (κ1) is 23.0. The summed E-state index contributed by atoms with van der Waals surface area (Å²) in [6, 6.07) is 21.9. The van der Waals surface area contributed by atoms with Crippen LogP contribution in [-0.2, 0) is 27.4 Å². The van der Waals surface area contributed by atoms with Crippen molar-refractivity contribution < 1.29 is 23.5 Å². The number of hydrogen-bond donors (Lipinski definition) is 0. The molecule has 0 bridgehead atoms. The normalized spacial score (nSPS) is 11.2. The van der Waals surface area contributed by atoms with Gasteiger partial charge in [0.1, 0.15) is 18.2 Å². The highest BCUT2D eigenvalue weighted by Gasteiger charge is 2.11. The van der Waals surface area contributed by atoms with E-state index in [1.165, 1.54) is 6.07 Å². The molecule has 0 fully saturated rings. The third-order valence-corrected chi connectivity index (χ3v) is 4.73. The monoisotopic (exact) mass is 435 g/mol. The topological polar surface area (TPSA) is 57.1 Å². The van der Waals surface area contributed by atoms with Gasteiger partial charge in [0, 0.05) is 17.5 Å². The van der Waals surface area contributed by atoms with Crippen molar-refractivity contribution in [1.82, 2.24) is 0 Å². The van der Waals surface area contributed by atoms with E-state index >= 15 is 0 Å². The van der Waals surface area contributed by atoms with Crippen molar-refractivity contribution in [3.63, 3.8) is 0 Å². The van der Waals surface area contributed by atoms with Crippen molar-refractivity contribution in [1.29, 1.82) is 0 Å². The van der Waals surface area contributed by atoms with Gasteiger partial charge in [-0.25, -0.2) is 9.18 Å². The van der Waals surface area contributed by atoms with Gasteiger partial charge >= 0.3 is 5.97 Å². The van der Waals surface area contributed by atoms with E-state index in [9.17, 15) is 9.18 Å². The maximum atomic E-state index is 13.9. The van der Waals surface area contributed by atoms with Crippen LogP contribution in [0.4, 0.5) is 4.39 Å². The molecule has 6 heteroatoms. The average molecular weight is 435 g/mol. The van der Waals surface area contributed by atoms with E-state index < -0.39 is 5.97 Å². The molecule has 0 aliphatic carbocycles. The molecule has 0 spiro atoms. The standard InChI is InChI=1S/C26H26FNO4/c1-3-30-26(29)18-31-25-14-13-21(15-19(25)2)24(16-20-9-5-4-6-10-20)28-32-17-22-11-7-8-12-23(22)27/h4-15H,3,16-18H2,1-2H3/b28-24+. The Kier molecular flexibility index (Phi) is 8.37. The lowest BCUT2D eigenvalue weighted by molar-refractivity contribution is -0.145. The van der Waals surface area contributed by atoms with Crippen molar-refractivity contribution in [2.24, 2.45) is 5.16 Å². The van der Waals surface area contributed by atoms with E-state index in [4.69, 9.17) is 14.3 Å². The van der Waals surface area contributed by atoms with Gasteiger partial charge in [0.15, 0.2) is 6.61 Å². The Balaban J connectivity index is 1.78. The van der Waals surface area contributed by atoms with Gasteiger partial charge in [-0.05, 0) is 49.2 Å². The van der Waals surface area contributed by atoms with E-state index in [0.717, 1.165) is 16.7 Å². The first-order valence-corrected chi connectivity index (χ1v) is 10.4. The minimum Gasteiger partial charge on any atom is -0.482 e. The van der Waals surface area contributed by atoms with Crippen LogP contribution < -0.4 is 4.74 Å². The van der Waals surface area contributed by atoms with E-state index in [1.807, 2.05) is 49.4 Å². The molecule has 0 aromatic heterocycles. The molecule has 0 aliphatic rings. The van der Waals surface area contributed by atoms with Gasteiger partial charge in [-0.2, -0.15) is 0 Å². The molecule has 0 aliphatic heterocycles. The maximum absolute atomic E-state index is 13.9. The van der Waals surface area contributed by atoms with Crippen molar-refractivity contribution in [2.75, 3.05) is 13.2 Å². The first-order chi connectivity index (χ1) is 15.6. The molecule has 0 amide bonds. The highest BCUT2D eigenvalue weighted by molar-refractivity contribution is 6.01. The van der Waals surface area contributed by atoms with E-state index in [1.54, 1.807) is 31.2 Å². The fourth-order valence-corrected chi connectivity index (χ4v) is 3.10. The smallest absolute Gasteiger partial charge is 0.344 e. The van der Waals surface area contributed by atoms with E-state index in [0.29, 0.717) is 30.1 Å². The summed E-state index contributed by atoms with van der Waals surface area (Å²) in [4.78, 5) is 17.1. The van der Waals surface area contributed by atoms with Gasteiger partial charge < -0.3 is 14.3 Å². The van der Waals surface area contributed by atoms with Crippen LogP contribution in [0.25, 0.3) is 0 Å². The number of carbonyl (C=O) groups is 1. The summed E-state index contributed by atoms with van der Waals surface area (Å²) < 4.78 is 24.3. The number of rotatable bonds is 10. The fourth-order valence-electron chi connectivity index (χ4n) is 3.10. The lowest BCUT2D eigenvalue weighted by atomic mass is 10.0. The Bertz CT molecular complexity index is 1070. The Hall–Kier alpha value is -3.67. The molecule has 0 saturated heterocycles. The van der Waals surface area contributed by atoms with Crippen LogP contribution in [0.3, 0.4) is 0 Å². The highest BCUT2D eigenvalue weighted by atomic mass is 19.1. The van der Waals surface area contributed by atoms with Crippen LogP contribution in [0.5, 0.6) is 5.75 Å². The minimum atomic E-state index is -0.413. The number of nitrogens with zero attached hydrogens (tertiary/aromatic N) is 1. The predicted octanol–water partition coefficient (Wildman–Crippen LogP) is 5.24. The number of halogens is 1. The second kappa shape index (κ2) is 11.6. The Morgan fingerprint density at radius 2 is 1.75 bits per heavy atom. The molecule has 5 nitrogen and oxygen atoms in total. The second-order valence-electron chi connectivity index (χ2n) is 7.14. The molecule has 0 heterocycles. The van der Waals surface area contributed by atoms with Gasteiger partial charge in [0.2, 0.25) is 0 Å². The third-order valence-electron chi connectivity index (χ3n) is 4.73. The van der Waals surface area contributed by atoms with Gasteiger partial charge in [-0.3, -0.25) is 0 Å². The van der Waals surface area contributed by atoms with Crippen LogP contribution in [0.15, 0.2) is 78.0 Å². The Labute approximate surface area is 187 Å². The summed E-state index contributed by atoms with van der Waals surface area (Å²) in [6.45, 7) is 3.84. The average Bonchev–Trinajstić information content (AvgIpc) is 2.80. The molecule has 0 saturated carbocycles. The molecule has 32 heavy (non-hydrogen) atoms. The largest absolute Gasteiger partial charge is 0.482 e. The van der Waals surface area contributed by atoms with Gasteiger partial charge in [0.25, 0.3) is 0 Å². The fraction of sp³-hybridized carbons (Fsp3) is 0.231. The molecule has 0 N–H and O–H groups in total. The van der Waals surface area contributed by atoms with Crippen molar-refractivity contribution in [3.8, 4) is 5.75 Å². The van der Waals surface area contributed by atoms with Crippen LogP contribution in [-0.4, -0.2) is 24.9 Å². The summed E-state index contributed by atoms with van der Waals surface area (Å²) >= 11 is 0. The number of oxime groups is 1. The van der Waals surface area contributed by atoms with E-state index in [-0.39, 0.29) is 19.0 Å². The van der Waals surface area contributed by atoms with Crippen LogP contribution in [0.2, 0.25) is 0 Å². The maximum Gasteiger partial charge on any atom is 0.344 e. The number of esters is 1. The zero-order valence-electron chi connectivity index (χ0n) is 18.2. The van der Waals surface area contributed by atoms with Gasteiger partial charge in [-0.1, -0.05) is 53.7 Å². The SMILES string of the molecule is CCOC(=O)COc1ccc(/C(Cc2ccccc2)=N/OCc2ccccc2F)cc1C. The lowest BCUT2D eigenvalue weighted by Crippen LogP contribution is -2.15. The number of ether oxygens (including phenoxy) is 2. The summed E-state index contributed by atoms with van der Waals surface area (Å²) in [5.74, 6) is -0.150. The van der Waals surface area contributed by atoms with Crippen LogP contribution in [0.1, 0.15) is 29.2 Å². The number of carbonyl (C=O) groups excluding carboxylic acids is 1. The second-order valence-corrected chi connectivity index (χ2v) is 7.14. The van der Waals surface area contributed by atoms with Crippen LogP contribution in [0, 0.1) is 12.7 Å². The molecular weight excluding hydrogens is 409 g/mol. The molecule has 3 aromatic rings. The zero-order valence-corrected chi connectivity index (χ0v) is 18.2. The molecule has 0 unspecified atom stereocenters. The van der Waals surface area contributed by atoms with Gasteiger partial charge in [-0.15, -0.1) is 0 Å². The summed E-state index contributed by atoms with van der Waals surface area (Å²) in [7, 11) is 0. The Morgan fingerprint density at radius 3 is 2.47 bits per heavy atom. The summed E-state index contributed by atoms with van der Waals surface area (Å²) in [5, 5.41) is 4.33. The van der Waals surface area contributed by atoms with Crippen LogP contribution >= 0.6 is 0 Å². The summed E-state index contributed by atoms with van der Waals surface area (Å²) in [5.41, 5.74) is 3.91. The molecule has 3 aromatic carbocycles. The quantitative estimate of drug-likeness (QED) is 0.248. The first-order valence-electron chi connectivity index (χ1n) is 10.4. The number of aryl methyl sites for hydroxylation is 1. The molecule has 0 radical (unpaired) electrons. The van der Waals surface area contributed by atoms with E-state index in [2.05, 4.69) is 5.16 Å². The number of benzene rings is 3. The predicted molar refractivity (Wildman–Crippen MR) is 121 cm³/mol. The van der Waals surface area contributed by atoms with Crippen molar-refractivity contribution >= 4 is 11.7 Å². The number of hydrogen-bond acceptors (Lipinski definition) is 5. The Morgan fingerprint density at radius 1 is 1.00 bits per heavy atom. The van der Waals surface area contributed by atoms with Crippen molar-refractivity contribution in [2.45, 2.75) is 26.9 Å². The molecule has 3 rings (SSSR count). The molecule has 0 atom stereocenters. The highest BCUT2D eigenvalue weighted by Crippen LogP contribution is 2.21.